The lowest BCUT2D eigenvalue weighted by atomic mass is 9.96. The minimum absolute atomic E-state index is 0.683. The molecule has 1 saturated heterocycles. The second kappa shape index (κ2) is 12.0. The van der Waals surface area contributed by atoms with Gasteiger partial charge in [0.25, 0.3) is 0 Å². The van der Waals surface area contributed by atoms with Gasteiger partial charge >= 0.3 is 0 Å². The molecule has 4 aromatic carbocycles. The minimum atomic E-state index is 0.683. The van der Waals surface area contributed by atoms with Crippen molar-refractivity contribution in [3.05, 3.63) is 84.4 Å². The van der Waals surface area contributed by atoms with E-state index in [1.54, 1.807) is 14.2 Å². The normalized spacial score (nSPS) is 13.9. The van der Waals surface area contributed by atoms with Crippen LogP contribution in [-0.2, 0) is 6.54 Å². The van der Waals surface area contributed by atoms with E-state index in [0.717, 1.165) is 41.5 Å². The number of nitrogens with zero attached hydrogens (tertiary/aromatic N) is 1. The van der Waals surface area contributed by atoms with Gasteiger partial charge < -0.3 is 19.5 Å². The zero-order valence-electron chi connectivity index (χ0n) is 21.8. The first-order valence-corrected chi connectivity index (χ1v) is 13.2. The molecule has 0 aromatic heterocycles. The van der Waals surface area contributed by atoms with Gasteiger partial charge in [-0.3, -0.25) is 4.90 Å². The summed E-state index contributed by atoms with van der Waals surface area (Å²) in [5, 5.41) is 5.92. The fraction of sp³-hybridized carbons (Fsp3) is 0.312. The van der Waals surface area contributed by atoms with E-state index in [1.807, 2.05) is 24.3 Å². The van der Waals surface area contributed by atoms with Crippen LogP contribution in [0.4, 0.5) is 5.69 Å². The van der Waals surface area contributed by atoms with Crippen LogP contribution in [0.25, 0.3) is 21.9 Å². The third-order valence-electron chi connectivity index (χ3n) is 7.13. The molecule has 1 aliphatic heterocycles. The van der Waals surface area contributed by atoms with Gasteiger partial charge in [0.1, 0.15) is 23.9 Å². The first-order chi connectivity index (χ1) is 18.2. The lowest BCUT2D eigenvalue weighted by Crippen LogP contribution is -2.33. The standard InChI is InChI=1S/C32H36N2O3/c1-35-30-11-8-24-20-26(7-6-25(24)21-30)32-15-14-31(36-2)22-27(32)23-33-28-9-12-29(13-10-28)37-19-18-34-16-4-3-5-17-34/h6-15,20-22,33H,3-5,16-19,23H2,1-2H3. The maximum atomic E-state index is 5.99. The van der Waals surface area contributed by atoms with Gasteiger partial charge in [-0.05, 0) is 108 Å². The highest BCUT2D eigenvalue weighted by molar-refractivity contribution is 5.89. The van der Waals surface area contributed by atoms with Crippen molar-refractivity contribution in [3.8, 4) is 28.4 Å². The molecule has 192 valence electrons. The van der Waals surface area contributed by atoms with E-state index in [0.29, 0.717) is 6.54 Å². The van der Waals surface area contributed by atoms with Crippen molar-refractivity contribution in [2.45, 2.75) is 25.8 Å². The van der Waals surface area contributed by atoms with Gasteiger partial charge in [-0.2, -0.15) is 0 Å². The second-order valence-electron chi connectivity index (χ2n) is 9.58. The summed E-state index contributed by atoms with van der Waals surface area (Å²) < 4.78 is 16.9. The molecule has 5 heteroatoms. The number of methoxy groups -OCH3 is 2. The maximum Gasteiger partial charge on any atom is 0.119 e. The summed E-state index contributed by atoms with van der Waals surface area (Å²) in [6.07, 6.45) is 3.98. The number of likely N-dealkylation sites (tertiary alicyclic amines) is 1. The Morgan fingerprint density at radius 2 is 1.38 bits per heavy atom. The molecule has 0 saturated carbocycles. The lowest BCUT2D eigenvalue weighted by molar-refractivity contribution is 0.183. The number of benzene rings is 4. The highest BCUT2D eigenvalue weighted by atomic mass is 16.5. The quantitative estimate of drug-likeness (QED) is 0.256. The summed E-state index contributed by atoms with van der Waals surface area (Å²) in [5.41, 5.74) is 4.59. The Morgan fingerprint density at radius 3 is 2.16 bits per heavy atom. The molecule has 0 radical (unpaired) electrons. The number of piperidine rings is 1. The van der Waals surface area contributed by atoms with E-state index in [9.17, 15) is 0 Å². The molecule has 4 aromatic rings. The van der Waals surface area contributed by atoms with E-state index < -0.39 is 0 Å². The van der Waals surface area contributed by atoms with Crippen LogP contribution in [-0.4, -0.2) is 45.4 Å². The zero-order chi connectivity index (χ0) is 25.5. The summed E-state index contributed by atoms with van der Waals surface area (Å²) in [4.78, 5) is 2.50. The van der Waals surface area contributed by atoms with E-state index in [4.69, 9.17) is 14.2 Å². The van der Waals surface area contributed by atoms with Crippen LogP contribution in [0.2, 0.25) is 0 Å². The Balaban J connectivity index is 1.26. The SMILES string of the molecule is COc1ccc(-c2ccc3cc(OC)ccc3c2)c(CNc2ccc(OCCN3CCCCC3)cc2)c1. The van der Waals surface area contributed by atoms with Crippen molar-refractivity contribution in [3.63, 3.8) is 0 Å². The van der Waals surface area contributed by atoms with E-state index >= 15 is 0 Å². The van der Waals surface area contributed by atoms with Crippen LogP contribution >= 0.6 is 0 Å². The van der Waals surface area contributed by atoms with Gasteiger partial charge in [0.05, 0.1) is 14.2 Å². The number of fused-ring (bicyclic) bond motifs is 1. The van der Waals surface area contributed by atoms with E-state index in [-0.39, 0.29) is 0 Å². The van der Waals surface area contributed by atoms with Crippen LogP contribution in [0.3, 0.4) is 0 Å². The largest absolute Gasteiger partial charge is 0.497 e. The van der Waals surface area contributed by atoms with Crippen molar-refractivity contribution >= 4 is 16.5 Å². The van der Waals surface area contributed by atoms with Crippen molar-refractivity contribution in [1.29, 1.82) is 0 Å². The molecule has 5 nitrogen and oxygen atoms in total. The predicted molar refractivity (Wildman–Crippen MR) is 152 cm³/mol. The number of ether oxygens (including phenoxy) is 3. The van der Waals surface area contributed by atoms with Gasteiger partial charge in [0.15, 0.2) is 0 Å². The fourth-order valence-corrected chi connectivity index (χ4v) is 4.99. The summed E-state index contributed by atoms with van der Waals surface area (Å²) in [6, 6.07) is 27.3. The first kappa shape index (κ1) is 25.0. The summed E-state index contributed by atoms with van der Waals surface area (Å²) in [6.45, 7) is 4.82. The Labute approximate surface area is 220 Å². The molecule has 5 rings (SSSR count). The maximum absolute atomic E-state index is 5.99. The van der Waals surface area contributed by atoms with Crippen LogP contribution in [0.15, 0.2) is 78.9 Å². The first-order valence-electron chi connectivity index (χ1n) is 13.2. The molecule has 0 atom stereocenters. The zero-order valence-corrected chi connectivity index (χ0v) is 21.8. The van der Waals surface area contributed by atoms with Gasteiger partial charge in [0.2, 0.25) is 0 Å². The third kappa shape index (κ3) is 6.36. The predicted octanol–water partition coefficient (Wildman–Crippen LogP) is 7.00. The van der Waals surface area contributed by atoms with Crippen molar-refractivity contribution < 1.29 is 14.2 Å². The van der Waals surface area contributed by atoms with Crippen molar-refractivity contribution in [2.75, 3.05) is 45.8 Å². The second-order valence-corrected chi connectivity index (χ2v) is 9.58. The minimum Gasteiger partial charge on any atom is -0.497 e. The summed E-state index contributed by atoms with van der Waals surface area (Å²) in [7, 11) is 3.41. The number of anilines is 1. The number of rotatable bonds is 10. The lowest BCUT2D eigenvalue weighted by Gasteiger charge is -2.26. The Hall–Kier alpha value is -3.70. The van der Waals surface area contributed by atoms with E-state index in [2.05, 4.69) is 64.8 Å². The van der Waals surface area contributed by atoms with Crippen molar-refractivity contribution in [2.24, 2.45) is 0 Å². The molecule has 0 spiro atoms. The Kier molecular flexibility index (Phi) is 8.11. The Bertz CT molecular complexity index is 1310. The molecule has 0 amide bonds. The van der Waals surface area contributed by atoms with Crippen LogP contribution in [0.1, 0.15) is 24.8 Å². The van der Waals surface area contributed by atoms with Gasteiger partial charge in [-0.25, -0.2) is 0 Å². The molecule has 1 heterocycles. The molecule has 0 unspecified atom stereocenters. The average molecular weight is 497 g/mol. The average Bonchev–Trinajstić information content (AvgIpc) is 2.96. The monoisotopic (exact) mass is 496 g/mol. The third-order valence-corrected chi connectivity index (χ3v) is 7.13. The van der Waals surface area contributed by atoms with Gasteiger partial charge in [-0.15, -0.1) is 0 Å². The highest BCUT2D eigenvalue weighted by Crippen LogP contribution is 2.32. The molecule has 0 aliphatic carbocycles. The molecule has 1 fully saturated rings. The Morgan fingerprint density at radius 1 is 0.703 bits per heavy atom. The number of nitrogens with one attached hydrogen (secondary N) is 1. The van der Waals surface area contributed by atoms with Crippen LogP contribution in [0.5, 0.6) is 17.2 Å². The number of hydrogen-bond donors (Lipinski definition) is 1. The molecular weight excluding hydrogens is 460 g/mol. The van der Waals surface area contributed by atoms with Gasteiger partial charge in [-0.1, -0.05) is 30.7 Å². The highest BCUT2D eigenvalue weighted by Gasteiger charge is 2.11. The summed E-state index contributed by atoms with van der Waals surface area (Å²) in [5.74, 6) is 2.63. The molecule has 1 aliphatic rings. The fourth-order valence-electron chi connectivity index (χ4n) is 4.99. The molecule has 1 N–H and O–H groups in total. The van der Waals surface area contributed by atoms with Crippen molar-refractivity contribution in [1.82, 2.24) is 4.90 Å². The van der Waals surface area contributed by atoms with Crippen LogP contribution < -0.4 is 19.5 Å². The number of hydrogen-bond acceptors (Lipinski definition) is 5. The van der Waals surface area contributed by atoms with E-state index in [1.165, 1.54) is 54.4 Å². The molecule has 37 heavy (non-hydrogen) atoms. The smallest absolute Gasteiger partial charge is 0.119 e. The molecular formula is C32H36N2O3. The van der Waals surface area contributed by atoms with Gasteiger partial charge in [0, 0.05) is 18.8 Å². The molecule has 0 bridgehead atoms. The van der Waals surface area contributed by atoms with Crippen LogP contribution in [0, 0.1) is 0 Å². The summed E-state index contributed by atoms with van der Waals surface area (Å²) >= 11 is 0. The topological polar surface area (TPSA) is 43.0 Å².